The number of phenolic OH excluding ortho intramolecular Hbond substituents is 1. The lowest BCUT2D eigenvalue weighted by Gasteiger charge is -2.07. The number of rotatable bonds is 4. The monoisotopic (exact) mass is 221 g/mol. The van der Waals surface area contributed by atoms with Gasteiger partial charge in [0.25, 0.3) is 0 Å². The Balaban J connectivity index is 2.67. The van der Waals surface area contributed by atoms with Crippen molar-refractivity contribution < 1.29 is 14.6 Å². The second kappa shape index (κ2) is 5.80. The third-order valence-corrected chi connectivity index (χ3v) is 1.86. The van der Waals surface area contributed by atoms with Crippen LogP contribution < -0.4 is 5.32 Å². The smallest absolute Gasteiger partial charge is 0.332 e. The average molecular weight is 221 g/mol. The predicted molar refractivity (Wildman–Crippen MR) is 62.1 cm³/mol. The fourth-order valence-corrected chi connectivity index (χ4v) is 1.19. The number of hydrogen-bond acceptors (Lipinski definition) is 4. The summed E-state index contributed by atoms with van der Waals surface area (Å²) in [6.45, 7) is 3.82. The molecule has 0 unspecified atom stereocenters. The lowest BCUT2D eigenvalue weighted by molar-refractivity contribution is -0.137. The molecule has 0 heterocycles. The van der Waals surface area contributed by atoms with Crippen molar-refractivity contribution in [3.8, 4) is 5.75 Å². The van der Waals surface area contributed by atoms with Gasteiger partial charge in [0.05, 0.1) is 12.3 Å². The average Bonchev–Trinajstić information content (AvgIpc) is 2.21. The molecular formula is C12H15NO3. The van der Waals surface area contributed by atoms with E-state index in [1.807, 2.05) is 0 Å². The van der Waals surface area contributed by atoms with Crippen molar-refractivity contribution in [1.82, 2.24) is 0 Å². The van der Waals surface area contributed by atoms with Crippen LogP contribution in [0, 0.1) is 0 Å². The van der Waals surface area contributed by atoms with E-state index in [1.54, 1.807) is 38.1 Å². The fourth-order valence-electron chi connectivity index (χ4n) is 1.19. The van der Waals surface area contributed by atoms with Crippen molar-refractivity contribution in [1.29, 1.82) is 0 Å². The molecule has 1 aromatic rings. The highest BCUT2D eigenvalue weighted by molar-refractivity contribution is 5.83. The molecule has 1 rings (SSSR count). The number of anilines is 1. The Bertz CT molecular complexity index is 399. The number of nitrogens with one attached hydrogen (secondary N) is 1. The summed E-state index contributed by atoms with van der Waals surface area (Å²) in [4.78, 5) is 11.1. The zero-order valence-corrected chi connectivity index (χ0v) is 9.36. The van der Waals surface area contributed by atoms with Gasteiger partial charge in [-0.1, -0.05) is 12.1 Å². The van der Waals surface area contributed by atoms with E-state index in [0.717, 1.165) is 0 Å². The molecule has 0 bridgehead atoms. The Morgan fingerprint density at radius 2 is 2.19 bits per heavy atom. The number of ether oxygens (including phenoxy) is 1. The van der Waals surface area contributed by atoms with Crippen LogP contribution in [0.1, 0.15) is 13.8 Å². The molecule has 86 valence electrons. The van der Waals surface area contributed by atoms with Gasteiger partial charge in [0, 0.05) is 11.8 Å². The van der Waals surface area contributed by atoms with Crippen molar-refractivity contribution in [3.05, 3.63) is 36.0 Å². The fraction of sp³-hybridized carbons (Fsp3) is 0.250. The van der Waals surface area contributed by atoms with E-state index >= 15 is 0 Å². The highest BCUT2D eigenvalue weighted by Gasteiger charge is 2.01. The van der Waals surface area contributed by atoms with Gasteiger partial charge in [-0.3, -0.25) is 0 Å². The molecule has 0 aliphatic rings. The first-order chi connectivity index (χ1) is 7.63. The van der Waals surface area contributed by atoms with Gasteiger partial charge in [0.1, 0.15) is 5.75 Å². The van der Waals surface area contributed by atoms with Gasteiger partial charge >= 0.3 is 5.97 Å². The minimum absolute atomic E-state index is 0.138. The van der Waals surface area contributed by atoms with E-state index in [1.165, 1.54) is 6.08 Å². The maximum atomic E-state index is 11.1. The number of aromatic hydroxyl groups is 1. The van der Waals surface area contributed by atoms with E-state index in [2.05, 4.69) is 5.32 Å². The zero-order valence-electron chi connectivity index (χ0n) is 9.36. The third kappa shape index (κ3) is 3.65. The van der Waals surface area contributed by atoms with Crippen molar-refractivity contribution in [2.75, 3.05) is 11.9 Å². The minimum Gasteiger partial charge on any atom is -0.506 e. The lowest BCUT2D eigenvalue weighted by atomic mass is 10.3. The Kier molecular flexibility index (Phi) is 4.39. The number of carbonyl (C=O) groups excluding carboxylic acids is 1. The van der Waals surface area contributed by atoms with Crippen LogP contribution in [0.25, 0.3) is 0 Å². The van der Waals surface area contributed by atoms with Crippen LogP contribution in [0.15, 0.2) is 36.0 Å². The maximum Gasteiger partial charge on any atom is 0.332 e. The predicted octanol–water partition coefficient (Wildman–Crippen LogP) is 2.27. The third-order valence-electron chi connectivity index (χ3n) is 1.86. The molecular weight excluding hydrogens is 206 g/mol. The van der Waals surface area contributed by atoms with Gasteiger partial charge in [-0.05, 0) is 26.0 Å². The number of phenols is 1. The van der Waals surface area contributed by atoms with Gasteiger partial charge < -0.3 is 15.2 Å². The molecule has 0 radical (unpaired) electrons. The van der Waals surface area contributed by atoms with E-state index < -0.39 is 5.97 Å². The van der Waals surface area contributed by atoms with Gasteiger partial charge in [0.2, 0.25) is 0 Å². The molecule has 4 nitrogen and oxygen atoms in total. The van der Waals surface area contributed by atoms with Crippen LogP contribution >= 0.6 is 0 Å². The minimum atomic E-state index is -0.400. The molecule has 0 spiro atoms. The number of carbonyl (C=O) groups is 1. The number of esters is 1. The van der Waals surface area contributed by atoms with E-state index in [9.17, 15) is 9.90 Å². The summed E-state index contributed by atoms with van der Waals surface area (Å²) in [5.41, 5.74) is 1.17. The first-order valence-electron chi connectivity index (χ1n) is 5.03. The van der Waals surface area contributed by atoms with Gasteiger partial charge in [-0.15, -0.1) is 0 Å². The van der Waals surface area contributed by atoms with Crippen molar-refractivity contribution in [2.45, 2.75) is 13.8 Å². The highest BCUT2D eigenvalue weighted by atomic mass is 16.5. The van der Waals surface area contributed by atoms with Crippen molar-refractivity contribution in [2.24, 2.45) is 0 Å². The molecule has 0 aliphatic heterocycles. The maximum absolute atomic E-state index is 11.1. The van der Waals surface area contributed by atoms with Crippen LogP contribution in [0.4, 0.5) is 5.69 Å². The molecule has 4 heteroatoms. The number of allylic oxidation sites excluding steroid dienone is 1. The standard InChI is InChI=1S/C12H15NO3/c1-3-16-12(15)8-9(2)13-10-6-4-5-7-11(10)14/h4-8,13-14H,3H2,1-2H3/b9-8-. The topological polar surface area (TPSA) is 58.6 Å². The van der Waals surface area contributed by atoms with Crippen LogP contribution in [-0.2, 0) is 9.53 Å². The highest BCUT2D eigenvalue weighted by Crippen LogP contribution is 2.22. The number of benzene rings is 1. The summed E-state index contributed by atoms with van der Waals surface area (Å²) < 4.78 is 4.76. The summed E-state index contributed by atoms with van der Waals surface area (Å²) in [6, 6.07) is 6.81. The van der Waals surface area contributed by atoms with Crippen LogP contribution in [0.2, 0.25) is 0 Å². The summed E-state index contributed by atoms with van der Waals surface area (Å²) in [5, 5.41) is 12.4. The zero-order chi connectivity index (χ0) is 12.0. The summed E-state index contributed by atoms with van der Waals surface area (Å²) in [6.07, 6.45) is 1.34. The Hall–Kier alpha value is -1.97. The molecule has 16 heavy (non-hydrogen) atoms. The number of para-hydroxylation sites is 2. The van der Waals surface area contributed by atoms with E-state index in [0.29, 0.717) is 18.0 Å². The first kappa shape index (κ1) is 12.1. The van der Waals surface area contributed by atoms with Crippen LogP contribution in [0.5, 0.6) is 5.75 Å². The first-order valence-corrected chi connectivity index (χ1v) is 5.03. The van der Waals surface area contributed by atoms with Gasteiger partial charge in [-0.25, -0.2) is 4.79 Å². The summed E-state index contributed by atoms with van der Waals surface area (Å²) in [5.74, 6) is -0.262. The van der Waals surface area contributed by atoms with Crippen molar-refractivity contribution in [3.63, 3.8) is 0 Å². The molecule has 0 atom stereocenters. The molecule has 0 aromatic heterocycles. The molecule has 0 saturated carbocycles. The van der Waals surface area contributed by atoms with E-state index in [-0.39, 0.29) is 5.75 Å². The number of hydrogen-bond donors (Lipinski definition) is 2. The van der Waals surface area contributed by atoms with E-state index in [4.69, 9.17) is 4.74 Å². The van der Waals surface area contributed by atoms with Gasteiger partial charge in [0.15, 0.2) is 0 Å². The summed E-state index contributed by atoms with van der Waals surface area (Å²) in [7, 11) is 0. The van der Waals surface area contributed by atoms with Crippen LogP contribution in [-0.4, -0.2) is 17.7 Å². The lowest BCUT2D eigenvalue weighted by Crippen LogP contribution is -2.04. The Labute approximate surface area is 94.6 Å². The molecule has 0 fully saturated rings. The molecule has 2 N–H and O–H groups in total. The van der Waals surface area contributed by atoms with Gasteiger partial charge in [-0.2, -0.15) is 0 Å². The largest absolute Gasteiger partial charge is 0.506 e. The molecule has 0 aliphatic carbocycles. The quantitative estimate of drug-likeness (QED) is 0.465. The SMILES string of the molecule is CCOC(=O)/C=C(/C)Nc1ccccc1O. The Morgan fingerprint density at radius 3 is 2.81 bits per heavy atom. The summed E-state index contributed by atoms with van der Waals surface area (Å²) >= 11 is 0. The Morgan fingerprint density at radius 1 is 1.50 bits per heavy atom. The normalized spacial score (nSPS) is 11.0. The molecule has 0 saturated heterocycles. The second-order valence-electron chi connectivity index (χ2n) is 3.22. The molecule has 1 aromatic carbocycles. The van der Waals surface area contributed by atoms with Crippen LogP contribution in [0.3, 0.4) is 0 Å². The van der Waals surface area contributed by atoms with Crippen molar-refractivity contribution >= 4 is 11.7 Å². The second-order valence-corrected chi connectivity index (χ2v) is 3.22. The molecule has 0 amide bonds.